The molecule has 12 heteroatoms. The van der Waals surface area contributed by atoms with E-state index in [9.17, 15) is 4.79 Å². The molecule has 0 saturated carbocycles. The average molecular weight is 451 g/mol. The van der Waals surface area contributed by atoms with Gasteiger partial charge in [-0.3, -0.25) is 4.79 Å². The maximum atomic E-state index is 12.6. The van der Waals surface area contributed by atoms with E-state index in [4.69, 9.17) is 14.6 Å². The second-order valence-electron chi connectivity index (χ2n) is 8.04. The highest BCUT2D eigenvalue weighted by Crippen LogP contribution is 2.25. The fourth-order valence-electron chi connectivity index (χ4n) is 4.06. The van der Waals surface area contributed by atoms with Crippen LogP contribution < -0.4 is 21.9 Å². The van der Waals surface area contributed by atoms with Crippen LogP contribution in [0.5, 0.6) is 0 Å². The number of carbonyl (C=O) groups is 1. The first kappa shape index (κ1) is 20.9. The number of amides is 1. The molecule has 1 amide bonds. The van der Waals surface area contributed by atoms with Crippen LogP contribution in [0.15, 0.2) is 45.0 Å². The molecule has 4 heterocycles. The Morgan fingerprint density at radius 2 is 2.12 bits per heavy atom. The Balaban J connectivity index is 1.17. The molecular formula is C21H25N9O3. The van der Waals surface area contributed by atoms with Gasteiger partial charge in [0.05, 0.1) is 18.4 Å². The van der Waals surface area contributed by atoms with Crippen molar-refractivity contribution in [2.75, 3.05) is 25.5 Å². The summed E-state index contributed by atoms with van der Waals surface area (Å²) in [7, 11) is 1.77. The van der Waals surface area contributed by atoms with Crippen LogP contribution in [0.3, 0.4) is 0 Å². The third-order valence-corrected chi connectivity index (χ3v) is 5.75. The summed E-state index contributed by atoms with van der Waals surface area (Å²) in [4.78, 5) is 23.0. The standard InChI is InChI=1S/C21H25N9O3/c1-23-27-16-2-4-30(11-15(16)22)19(31)8-18-28-29-20(33-18)13-9-24-21(25-10-13)26-14-6-12-3-5-32-17(12)7-14/h3,5,9-10,14,23,27H,2,4,6-8,11,22H2,1H3,(H,24,25,26). The van der Waals surface area contributed by atoms with Gasteiger partial charge in [-0.25, -0.2) is 15.4 Å². The van der Waals surface area contributed by atoms with Crippen molar-refractivity contribution in [2.24, 2.45) is 5.73 Å². The Bertz CT molecular complexity index is 1150. The number of nitrogens with zero attached hydrogens (tertiary/aromatic N) is 5. The van der Waals surface area contributed by atoms with Gasteiger partial charge in [0.1, 0.15) is 12.2 Å². The number of hydrazine groups is 1. The van der Waals surface area contributed by atoms with Crippen LogP contribution in [0.25, 0.3) is 11.5 Å². The molecule has 12 nitrogen and oxygen atoms in total. The highest BCUT2D eigenvalue weighted by Gasteiger charge is 2.25. The van der Waals surface area contributed by atoms with E-state index in [1.165, 1.54) is 5.56 Å². The molecular weight excluding hydrogens is 426 g/mol. The highest BCUT2D eigenvalue weighted by atomic mass is 16.4. The van der Waals surface area contributed by atoms with E-state index >= 15 is 0 Å². The molecule has 0 spiro atoms. The molecule has 0 aromatic carbocycles. The molecule has 5 N–H and O–H groups in total. The van der Waals surface area contributed by atoms with E-state index in [2.05, 4.69) is 36.3 Å². The van der Waals surface area contributed by atoms with Gasteiger partial charge in [0, 0.05) is 56.3 Å². The molecule has 1 aliphatic heterocycles. The maximum absolute atomic E-state index is 12.6. The monoisotopic (exact) mass is 451 g/mol. The van der Waals surface area contributed by atoms with Gasteiger partial charge in [0.25, 0.3) is 5.89 Å². The number of rotatable bonds is 7. The van der Waals surface area contributed by atoms with Gasteiger partial charge in [0.15, 0.2) is 0 Å². The van der Waals surface area contributed by atoms with Crippen LogP contribution in [-0.2, 0) is 24.1 Å². The van der Waals surface area contributed by atoms with Gasteiger partial charge in [-0.2, -0.15) is 0 Å². The fraction of sp³-hybridized carbons (Fsp3) is 0.381. The average Bonchev–Trinajstić information content (AvgIpc) is 3.53. The molecule has 5 rings (SSSR count). The lowest BCUT2D eigenvalue weighted by atomic mass is 10.1. The normalized spacial score (nSPS) is 17.8. The Hall–Kier alpha value is -3.93. The van der Waals surface area contributed by atoms with E-state index < -0.39 is 0 Å². The molecule has 1 aliphatic carbocycles. The zero-order valence-electron chi connectivity index (χ0n) is 18.2. The Labute approximate surface area is 189 Å². The number of hydrogen-bond donors (Lipinski definition) is 4. The molecule has 1 unspecified atom stereocenters. The summed E-state index contributed by atoms with van der Waals surface area (Å²) < 4.78 is 11.1. The van der Waals surface area contributed by atoms with Crippen molar-refractivity contribution >= 4 is 11.9 Å². The van der Waals surface area contributed by atoms with Crippen LogP contribution in [0.1, 0.15) is 23.6 Å². The molecule has 33 heavy (non-hydrogen) atoms. The van der Waals surface area contributed by atoms with E-state index in [1.54, 1.807) is 30.6 Å². The predicted octanol–water partition coefficient (Wildman–Crippen LogP) is 0.368. The zero-order chi connectivity index (χ0) is 22.8. The number of nitrogens with one attached hydrogen (secondary N) is 3. The molecule has 1 atom stereocenters. The SMILES string of the molecule is CNNC1=C(N)CN(C(=O)Cc2nnc(-c3cnc(NC4Cc5ccoc5C4)nc3)o2)CC1. The van der Waals surface area contributed by atoms with Crippen molar-refractivity contribution in [1.29, 1.82) is 0 Å². The van der Waals surface area contributed by atoms with Crippen LogP contribution in [-0.4, -0.2) is 57.2 Å². The van der Waals surface area contributed by atoms with Gasteiger partial charge < -0.3 is 30.2 Å². The summed E-state index contributed by atoms with van der Waals surface area (Å²) in [5.74, 6) is 1.91. The molecule has 3 aromatic rings. The first-order valence-corrected chi connectivity index (χ1v) is 10.7. The number of hydrogen-bond acceptors (Lipinski definition) is 11. The van der Waals surface area contributed by atoms with Crippen LogP contribution in [0.2, 0.25) is 0 Å². The number of carbonyl (C=O) groups excluding carboxylic acids is 1. The van der Waals surface area contributed by atoms with Gasteiger partial charge >= 0.3 is 0 Å². The quantitative estimate of drug-likeness (QED) is 0.367. The highest BCUT2D eigenvalue weighted by molar-refractivity contribution is 5.78. The van der Waals surface area contributed by atoms with Crippen molar-refractivity contribution in [3.8, 4) is 11.5 Å². The number of fused-ring (bicyclic) bond motifs is 1. The molecule has 0 fully saturated rings. The minimum Gasteiger partial charge on any atom is -0.469 e. The summed E-state index contributed by atoms with van der Waals surface area (Å²) in [5.41, 5.74) is 15.2. The third kappa shape index (κ3) is 4.51. The summed E-state index contributed by atoms with van der Waals surface area (Å²) in [6.45, 7) is 0.919. The lowest BCUT2D eigenvalue weighted by Crippen LogP contribution is -2.43. The van der Waals surface area contributed by atoms with Crippen LogP contribution in [0, 0.1) is 0 Å². The van der Waals surface area contributed by atoms with Crippen molar-refractivity contribution in [1.82, 2.24) is 35.9 Å². The number of anilines is 1. The maximum Gasteiger partial charge on any atom is 0.250 e. The number of nitrogens with two attached hydrogens (primary N) is 1. The second kappa shape index (κ2) is 8.90. The lowest BCUT2D eigenvalue weighted by Gasteiger charge is -2.29. The van der Waals surface area contributed by atoms with E-state index in [0.29, 0.717) is 36.7 Å². The van der Waals surface area contributed by atoms with Crippen molar-refractivity contribution in [2.45, 2.75) is 31.7 Å². The topological polar surface area (TPSA) is 160 Å². The smallest absolute Gasteiger partial charge is 0.250 e. The van der Waals surface area contributed by atoms with Gasteiger partial charge in [-0.1, -0.05) is 0 Å². The molecule has 172 valence electrons. The largest absolute Gasteiger partial charge is 0.469 e. The van der Waals surface area contributed by atoms with Gasteiger partial charge in [0.2, 0.25) is 17.7 Å². The first-order valence-electron chi connectivity index (χ1n) is 10.7. The molecule has 0 radical (unpaired) electrons. The Kier molecular flexibility index (Phi) is 5.65. The van der Waals surface area contributed by atoms with Crippen molar-refractivity contribution in [3.63, 3.8) is 0 Å². The molecule has 3 aromatic heterocycles. The number of furan rings is 1. The van der Waals surface area contributed by atoms with Crippen LogP contribution >= 0.6 is 0 Å². The predicted molar refractivity (Wildman–Crippen MR) is 117 cm³/mol. The van der Waals surface area contributed by atoms with Gasteiger partial charge in [-0.15, -0.1) is 10.2 Å². The first-order chi connectivity index (χ1) is 16.1. The Morgan fingerprint density at radius 1 is 1.27 bits per heavy atom. The van der Waals surface area contributed by atoms with Crippen LogP contribution in [0.4, 0.5) is 5.95 Å². The molecule has 2 aliphatic rings. The van der Waals surface area contributed by atoms with E-state index in [1.807, 2.05) is 6.07 Å². The summed E-state index contributed by atoms with van der Waals surface area (Å²) in [6, 6.07) is 2.20. The lowest BCUT2D eigenvalue weighted by molar-refractivity contribution is -0.130. The second-order valence-corrected chi connectivity index (χ2v) is 8.04. The van der Waals surface area contributed by atoms with E-state index in [0.717, 1.165) is 24.3 Å². The fourth-order valence-corrected chi connectivity index (χ4v) is 4.06. The Morgan fingerprint density at radius 3 is 2.88 bits per heavy atom. The summed E-state index contributed by atoms with van der Waals surface area (Å²) >= 11 is 0. The summed E-state index contributed by atoms with van der Waals surface area (Å²) in [6.07, 6.45) is 7.29. The van der Waals surface area contributed by atoms with Crippen molar-refractivity contribution < 1.29 is 13.6 Å². The van der Waals surface area contributed by atoms with E-state index in [-0.39, 0.29) is 30.2 Å². The molecule has 0 bridgehead atoms. The summed E-state index contributed by atoms with van der Waals surface area (Å²) in [5, 5.41) is 11.4. The zero-order valence-corrected chi connectivity index (χ0v) is 18.2. The third-order valence-electron chi connectivity index (χ3n) is 5.75. The van der Waals surface area contributed by atoms with Crippen molar-refractivity contribution in [3.05, 3.63) is 53.3 Å². The number of aromatic nitrogens is 4. The minimum absolute atomic E-state index is 0.00539. The molecule has 0 saturated heterocycles. The minimum atomic E-state index is -0.122. The van der Waals surface area contributed by atoms with Gasteiger partial charge in [-0.05, 0) is 18.1 Å².